The lowest BCUT2D eigenvalue weighted by Gasteiger charge is -2.11. The van der Waals surface area contributed by atoms with Crippen LogP contribution in [0.1, 0.15) is 42.4 Å². The molecule has 2 aromatic heterocycles. The molecule has 0 saturated carbocycles. The molecule has 0 unspecified atom stereocenters. The molecule has 2 rings (SSSR count). The highest BCUT2D eigenvalue weighted by Crippen LogP contribution is 2.29. The summed E-state index contributed by atoms with van der Waals surface area (Å²) in [5.74, 6) is 2.12. The number of halogens is 1. The van der Waals surface area contributed by atoms with Gasteiger partial charge in [0.15, 0.2) is 5.75 Å². The molecule has 0 radical (unpaired) electrons. The standard InChI is InChI=1S/C15H20ClN3O/c1-9(2)13-6-12(8-16)7-14(17-13)20-15-10(3)18-19(5)11(15)4/h6-7,9H,8H2,1-5H3. The van der Waals surface area contributed by atoms with Gasteiger partial charge < -0.3 is 4.74 Å². The molecule has 2 aromatic rings. The van der Waals surface area contributed by atoms with Gasteiger partial charge in [-0.2, -0.15) is 5.10 Å². The summed E-state index contributed by atoms with van der Waals surface area (Å²) < 4.78 is 7.75. The number of aromatic nitrogens is 3. The lowest BCUT2D eigenvalue weighted by Crippen LogP contribution is -1.99. The Bertz CT molecular complexity index is 620. The lowest BCUT2D eigenvalue weighted by molar-refractivity contribution is 0.451. The topological polar surface area (TPSA) is 39.9 Å². The van der Waals surface area contributed by atoms with E-state index in [2.05, 4.69) is 23.9 Å². The Morgan fingerprint density at radius 3 is 2.50 bits per heavy atom. The number of hydrogen-bond donors (Lipinski definition) is 0. The Balaban J connectivity index is 2.40. The number of alkyl halides is 1. The van der Waals surface area contributed by atoms with Crippen LogP contribution in [-0.4, -0.2) is 14.8 Å². The van der Waals surface area contributed by atoms with E-state index in [-0.39, 0.29) is 0 Å². The fourth-order valence-electron chi connectivity index (χ4n) is 2.01. The van der Waals surface area contributed by atoms with E-state index in [0.29, 0.717) is 17.7 Å². The summed E-state index contributed by atoms with van der Waals surface area (Å²) in [6, 6.07) is 3.90. The maximum Gasteiger partial charge on any atom is 0.219 e. The molecular formula is C15H20ClN3O. The summed E-state index contributed by atoms with van der Waals surface area (Å²) in [4.78, 5) is 4.55. The molecule has 0 bridgehead atoms. The first kappa shape index (κ1) is 14.9. The van der Waals surface area contributed by atoms with Crippen LogP contribution in [-0.2, 0) is 12.9 Å². The van der Waals surface area contributed by atoms with E-state index >= 15 is 0 Å². The second-order valence-electron chi connectivity index (χ2n) is 5.25. The van der Waals surface area contributed by atoms with Crippen LogP contribution in [0, 0.1) is 13.8 Å². The third-order valence-electron chi connectivity index (χ3n) is 3.28. The van der Waals surface area contributed by atoms with E-state index < -0.39 is 0 Å². The van der Waals surface area contributed by atoms with Crippen molar-refractivity contribution in [3.63, 3.8) is 0 Å². The van der Waals surface area contributed by atoms with Gasteiger partial charge in [0.1, 0.15) is 5.69 Å². The van der Waals surface area contributed by atoms with Gasteiger partial charge in [-0.15, -0.1) is 11.6 Å². The summed E-state index contributed by atoms with van der Waals surface area (Å²) >= 11 is 5.95. The second kappa shape index (κ2) is 5.83. The van der Waals surface area contributed by atoms with E-state index in [1.807, 2.05) is 33.0 Å². The third kappa shape index (κ3) is 2.96. The van der Waals surface area contributed by atoms with Crippen LogP contribution in [0.4, 0.5) is 0 Å². The molecule has 4 nitrogen and oxygen atoms in total. The van der Waals surface area contributed by atoms with Crippen LogP contribution in [0.3, 0.4) is 0 Å². The van der Waals surface area contributed by atoms with Crippen LogP contribution >= 0.6 is 11.6 Å². The number of pyridine rings is 1. The quantitative estimate of drug-likeness (QED) is 0.797. The molecule has 20 heavy (non-hydrogen) atoms. The Morgan fingerprint density at radius 2 is 2.00 bits per heavy atom. The predicted molar refractivity (Wildman–Crippen MR) is 80.6 cm³/mol. The zero-order valence-corrected chi connectivity index (χ0v) is 13.3. The average molecular weight is 294 g/mol. The smallest absolute Gasteiger partial charge is 0.219 e. The van der Waals surface area contributed by atoms with Gasteiger partial charge >= 0.3 is 0 Å². The molecule has 0 aliphatic carbocycles. The number of rotatable bonds is 4. The van der Waals surface area contributed by atoms with Crippen molar-refractivity contribution in [2.75, 3.05) is 0 Å². The van der Waals surface area contributed by atoms with Crippen LogP contribution in [0.15, 0.2) is 12.1 Å². The van der Waals surface area contributed by atoms with Crippen molar-refractivity contribution >= 4 is 11.6 Å². The normalized spacial score (nSPS) is 11.2. The molecule has 0 aliphatic heterocycles. The minimum absolute atomic E-state index is 0.330. The highest BCUT2D eigenvalue weighted by atomic mass is 35.5. The maximum absolute atomic E-state index is 5.95. The minimum atomic E-state index is 0.330. The summed E-state index contributed by atoms with van der Waals surface area (Å²) in [7, 11) is 1.90. The van der Waals surface area contributed by atoms with E-state index in [4.69, 9.17) is 16.3 Å². The van der Waals surface area contributed by atoms with Crippen molar-refractivity contribution in [1.29, 1.82) is 0 Å². The molecule has 0 atom stereocenters. The molecule has 5 heteroatoms. The van der Waals surface area contributed by atoms with Crippen molar-refractivity contribution in [3.8, 4) is 11.6 Å². The van der Waals surface area contributed by atoms with E-state index in [9.17, 15) is 0 Å². The molecule has 108 valence electrons. The van der Waals surface area contributed by atoms with Gasteiger partial charge in [0.25, 0.3) is 0 Å². The van der Waals surface area contributed by atoms with Gasteiger partial charge in [-0.05, 0) is 31.4 Å². The van der Waals surface area contributed by atoms with Gasteiger partial charge in [-0.1, -0.05) is 13.8 Å². The van der Waals surface area contributed by atoms with Crippen molar-refractivity contribution in [1.82, 2.24) is 14.8 Å². The number of aryl methyl sites for hydroxylation is 2. The zero-order valence-electron chi connectivity index (χ0n) is 12.6. The van der Waals surface area contributed by atoms with Crippen molar-refractivity contribution in [2.45, 2.75) is 39.5 Å². The first-order chi connectivity index (χ1) is 9.42. The molecule has 0 amide bonds. The van der Waals surface area contributed by atoms with Crippen LogP contribution in [0.2, 0.25) is 0 Å². The Labute approximate surface area is 124 Å². The Morgan fingerprint density at radius 1 is 1.30 bits per heavy atom. The Kier molecular flexibility index (Phi) is 4.33. The van der Waals surface area contributed by atoms with Gasteiger partial charge in [-0.25, -0.2) is 4.98 Å². The van der Waals surface area contributed by atoms with Crippen LogP contribution in [0.25, 0.3) is 0 Å². The van der Waals surface area contributed by atoms with E-state index in [1.54, 1.807) is 4.68 Å². The van der Waals surface area contributed by atoms with E-state index in [0.717, 1.165) is 28.4 Å². The van der Waals surface area contributed by atoms with Crippen LogP contribution in [0.5, 0.6) is 11.6 Å². The van der Waals surface area contributed by atoms with Crippen molar-refractivity contribution in [3.05, 3.63) is 34.8 Å². The highest BCUT2D eigenvalue weighted by Gasteiger charge is 2.14. The fourth-order valence-corrected chi connectivity index (χ4v) is 2.17. The molecule has 0 aliphatic rings. The minimum Gasteiger partial charge on any atom is -0.435 e. The molecule has 0 saturated heterocycles. The maximum atomic E-state index is 5.95. The molecular weight excluding hydrogens is 274 g/mol. The summed E-state index contributed by atoms with van der Waals surface area (Å²) in [5.41, 5.74) is 3.83. The van der Waals surface area contributed by atoms with E-state index in [1.165, 1.54) is 0 Å². The molecule has 0 aromatic carbocycles. The molecule has 0 spiro atoms. The first-order valence-electron chi connectivity index (χ1n) is 6.67. The summed E-state index contributed by atoms with van der Waals surface area (Å²) in [5, 5.41) is 4.34. The van der Waals surface area contributed by atoms with Crippen LogP contribution < -0.4 is 4.74 Å². The SMILES string of the molecule is Cc1nn(C)c(C)c1Oc1cc(CCl)cc(C(C)C)n1. The van der Waals surface area contributed by atoms with Crippen molar-refractivity contribution < 1.29 is 4.74 Å². The lowest BCUT2D eigenvalue weighted by atomic mass is 10.1. The van der Waals surface area contributed by atoms with Gasteiger partial charge in [0.05, 0.1) is 5.69 Å². The fraction of sp³-hybridized carbons (Fsp3) is 0.467. The first-order valence-corrected chi connectivity index (χ1v) is 7.20. The third-order valence-corrected chi connectivity index (χ3v) is 3.59. The summed E-state index contributed by atoms with van der Waals surface area (Å²) in [6.45, 7) is 8.11. The number of ether oxygens (including phenoxy) is 1. The Hall–Kier alpha value is -1.55. The van der Waals surface area contributed by atoms with Gasteiger partial charge in [0, 0.05) is 24.7 Å². The van der Waals surface area contributed by atoms with Gasteiger partial charge in [-0.3, -0.25) is 4.68 Å². The number of nitrogens with zero attached hydrogens (tertiary/aromatic N) is 3. The highest BCUT2D eigenvalue weighted by molar-refractivity contribution is 6.17. The van der Waals surface area contributed by atoms with Crippen molar-refractivity contribution in [2.24, 2.45) is 7.05 Å². The monoisotopic (exact) mass is 293 g/mol. The predicted octanol–water partition coefficient (Wildman–Crippen LogP) is 4.09. The largest absolute Gasteiger partial charge is 0.435 e. The number of hydrogen-bond acceptors (Lipinski definition) is 3. The second-order valence-corrected chi connectivity index (χ2v) is 5.52. The molecule has 0 fully saturated rings. The molecule has 0 N–H and O–H groups in total. The summed E-state index contributed by atoms with van der Waals surface area (Å²) in [6.07, 6.45) is 0. The molecule has 2 heterocycles. The average Bonchev–Trinajstić information content (AvgIpc) is 2.65. The zero-order chi connectivity index (χ0) is 14.9. The van der Waals surface area contributed by atoms with Gasteiger partial charge in [0.2, 0.25) is 5.88 Å².